The van der Waals surface area contributed by atoms with Gasteiger partial charge in [0.1, 0.15) is 0 Å². The molecular formula is C10H12N2S. The number of allylic oxidation sites excluding steroid dienone is 2. The van der Waals surface area contributed by atoms with E-state index in [1.807, 2.05) is 24.3 Å². The largest absolute Gasteiger partial charge is 0.399 e. The molecule has 0 radical (unpaired) electrons. The zero-order valence-electron chi connectivity index (χ0n) is 7.14. The maximum absolute atomic E-state index is 5.77. The summed E-state index contributed by atoms with van der Waals surface area (Å²) in [6.45, 7) is 0. The molecule has 1 aromatic carbocycles. The van der Waals surface area contributed by atoms with Crippen LogP contribution >= 0.6 is 12.6 Å². The van der Waals surface area contributed by atoms with Gasteiger partial charge in [-0.15, -0.1) is 0 Å². The molecule has 0 aromatic heterocycles. The van der Waals surface area contributed by atoms with E-state index < -0.39 is 0 Å². The minimum absolute atomic E-state index is 0.699. The Morgan fingerprint density at radius 2 is 1.85 bits per heavy atom. The summed E-state index contributed by atoms with van der Waals surface area (Å²) in [5.74, 6) is 0. The fourth-order valence-corrected chi connectivity index (χ4v) is 1.00. The zero-order chi connectivity index (χ0) is 9.68. The van der Waals surface area contributed by atoms with Crippen molar-refractivity contribution in [3.8, 4) is 0 Å². The summed E-state index contributed by atoms with van der Waals surface area (Å²) in [5, 5.41) is 1.63. The predicted octanol–water partition coefficient (Wildman–Crippen LogP) is 2.01. The van der Waals surface area contributed by atoms with Gasteiger partial charge >= 0.3 is 0 Å². The van der Waals surface area contributed by atoms with Crippen LogP contribution in [0.5, 0.6) is 0 Å². The zero-order valence-corrected chi connectivity index (χ0v) is 8.04. The summed E-state index contributed by atoms with van der Waals surface area (Å²) in [4.78, 5) is 0. The highest BCUT2D eigenvalue weighted by Gasteiger charge is 1.93. The quantitative estimate of drug-likeness (QED) is 0.381. The van der Waals surface area contributed by atoms with Crippen molar-refractivity contribution in [2.24, 2.45) is 5.73 Å². The second kappa shape index (κ2) is 4.62. The lowest BCUT2D eigenvalue weighted by molar-refractivity contribution is 1.52. The molecule has 1 rings (SSSR count). The summed E-state index contributed by atoms with van der Waals surface area (Å²) < 4.78 is 0. The van der Waals surface area contributed by atoms with Crippen LogP contribution in [-0.4, -0.2) is 0 Å². The minimum Gasteiger partial charge on any atom is -0.399 e. The van der Waals surface area contributed by atoms with Gasteiger partial charge in [-0.3, -0.25) is 0 Å². The van der Waals surface area contributed by atoms with E-state index in [1.54, 1.807) is 17.6 Å². The number of nitrogen functional groups attached to an aromatic ring is 1. The van der Waals surface area contributed by atoms with Crippen molar-refractivity contribution in [1.82, 2.24) is 0 Å². The van der Waals surface area contributed by atoms with E-state index in [0.29, 0.717) is 5.70 Å². The molecule has 0 atom stereocenters. The molecule has 0 spiro atoms. The molecule has 4 N–H and O–H groups in total. The lowest BCUT2D eigenvalue weighted by Gasteiger charge is -2.00. The fraction of sp³-hybridized carbons (Fsp3) is 0. The van der Waals surface area contributed by atoms with Crippen molar-refractivity contribution >= 4 is 24.0 Å². The number of hydrogen-bond donors (Lipinski definition) is 3. The first-order chi connectivity index (χ1) is 6.24. The average molecular weight is 192 g/mol. The molecule has 1 aromatic rings. The van der Waals surface area contributed by atoms with Crippen molar-refractivity contribution < 1.29 is 0 Å². The van der Waals surface area contributed by atoms with Crippen LogP contribution in [0, 0.1) is 0 Å². The molecule has 0 aliphatic heterocycles. The topological polar surface area (TPSA) is 52.0 Å². The van der Waals surface area contributed by atoms with Crippen LogP contribution in [0.15, 0.2) is 41.8 Å². The molecule has 0 aliphatic carbocycles. The molecule has 0 fully saturated rings. The first-order valence-electron chi connectivity index (χ1n) is 3.86. The van der Waals surface area contributed by atoms with Crippen molar-refractivity contribution in [3.63, 3.8) is 0 Å². The van der Waals surface area contributed by atoms with Crippen LogP contribution < -0.4 is 11.5 Å². The molecule has 0 saturated carbocycles. The molecule has 0 heterocycles. The summed E-state index contributed by atoms with van der Waals surface area (Å²) >= 11 is 3.92. The van der Waals surface area contributed by atoms with E-state index >= 15 is 0 Å². The van der Waals surface area contributed by atoms with Crippen molar-refractivity contribution in [1.29, 1.82) is 0 Å². The van der Waals surface area contributed by atoms with E-state index in [2.05, 4.69) is 12.6 Å². The normalized spacial score (nSPS) is 12.2. The molecule has 68 valence electrons. The summed E-state index contributed by atoms with van der Waals surface area (Å²) in [6, 6.07) is 7.40. The van der Waals surface area contributed by atoms with Gasteiger partial charge in [-0.2, -0.15) is 12.6 Å². The average Bonchev–Trinajstić information content (AvgIpc) is 2.15. The number of benzene rings is 1. The Morgan fingerprint density at radius 1 is 1.23 bits per heavy atom. The molecule has 13 heavy (non-hydrogen) atoms. The number of rotatable bonds is 2. The van der Waals surface area contributed by atoms with Gasteiger partial charge in [0.15, 0.2) is 0 Å². The molecule has 0 aliphatic rings. The van der Waals surface area contributed by atoms with E-state index in [1.165, 1.54) is 0 Å². The van der Waals surface area contributed by atoms with Gasteiger partial charge in [-0.1, -0.05) is 18.2 Å². The molecular weight excluding hydrogens is 180 g/mol. The van der Waals surface area contributed by atoms with E-state index in [0.717, 1.165) is 11.3 Å². The monoisotopic (exact) mass is 192 g/mol. The predicted molar refractivity (Wildman–Crippen MR) is 61.1 cm³/mol. The van der Waals surface area contributed by atoms with Gasteiger partial charge in [-0.05, 0) is 29.2 Å². The first-order valence-corrected chi connectivity index (χ1v) is 4.38. The third-order valence-electron chi connectivity index (χ3n) is 1.61. The van der Waals surface area contributed by atoms with Gasteiger partial charge in [0.2, 0.25) is 0 Å². The van der Waals surface area contributed by atoms with Crippen LogP contribution in [-0.2, 0) is 0 Å². The summed E-state index contributed by atoms with van der Waals surface area (Å²) in [6.07, 6.45) is 3.56. The summed E-state index contributed by atoms with van der Waals surface area (Å²) in [5.41, 5.74) is 13.7. The molecule has 2 nitrogen and oxygen atoms in total. The van der Waals surface area contributed by atoms with Gasteiger partial charge in [0.05, 0.1) is 0 Å². The lowest BCUT2D eigenvalue weighted by atomic mass is 10.1. The molecule has 0 bridgehead atoms. The smallest absolute Gasteiger partial charge is 0.0387 e. The highest BCUT2D eigenvalue weighted by atomic mass is 32.1. The van der Waals surface area contributed by atoms with Crippen LogP contribution in [0.25, 0.3) is 5.70 Å². The standard InChI is InChI=1S/C10H12N2S/c11-9-5-3-8(4-6-9)10(12)2-1-7-13/h1-7,13H,11-12H2/b7-1-,10-2-. The van der Waals surface area contributed by atoms with E-state index in [4.69, 9.17) is 11.5 Å². The van der Waals surface area contributed by atoms with Crippen LogP contribution in [0.4, 0.5) is 5.69 Å². The van der Waals surface area contributed by atoms with Crippen LogP contribution in [0.3, 0.4) is 0 Å². The highest BCUT2D eigenvalue weighted by Crippen LogP contribution is 2.11. The van der Waals surface area contributed by atoms with Crippen LogP contribution in [0.1, 0.15) is 5.56 Å². The Morgan fingerprint density at radius 3 is 2.38 bits per heavy atom. The van der Waals surface area contributed by atoms with E-state index in [9.17, 15) is 0 Å². The number of hydrogen-bond acceptors (Lipinski definition) is 3. The Balaban J connectivity index is 2.89. The Bertz CT molecular complexity index is 325. The Hall–Kier alpha value is -1.35. The van der Waals surface area contributed by atoms with Crippen molar-refractivity contribution in [3.05, 3.63) is 47.4 Å². The van der Waals surface area contributed by atoms with Gasteiger partial charge < -0.3 is 11.5 Å². The second-order valence-corrected chi connectivity index (χ2v) is 2.88. The number of anilines is 1. The second-order valence-electron chi connectivity index (χ2n) is 2.59. The van der Waals surface area contributed by atoms with Crippen molar-refractivity contribution in [2.75, 3.05) is 5.73 Å². The number of thiol groups is 1. The van der Waals surface area contributed by atoms with Gasteiger partial charge in [0, 0.05) is 11.4 Å². The Kier molecular flexibility index (Phi) is 3.46. The van der Waals surface area contributed by atoms with Gasteiger partial charge in [0.25, 0.3) is 0 Å². The highest BCUT2D eigenvalue weighted by molar-refractivity contribution is 7.83. The summed E-state index contributed by atoms with van der Waals surface area (Å²) in [7, 11) is 0. The molecule has 0 unspecified atom stereocenters. The molecule has 3 heteroatoms. The van der Waals surface area contributed by atoms with Crippen molar-refractivity contribution in [2.45, 2.75) is 0 Å². The van der Waals surface area contributed by atoms with Crippen LogP contribution in [0.2, 0.25) is 0 Å². The SMILES string of the molecule is N/C(=C\C=C/S)c1ccc(N)cc1. The minimum atomic E-state index is 0.699. The first kappa shape index (κ1) is 9.74. The van der Waals surface area contributed by atoms with Gasteiger partial charge in [-0.25, -0.2) is 0 Å². The molecule has 0 saturated heterocycles. The maximum atomic E-state index is 5.77. The van der Waals surface area contributed by atoms with E-state index in [-0.39, 0.29) is 0 Å². The number of nitrogens with two attached hydrogens (primary N) is 2. The molecule has 0 amide bonds. The fourth-order valence-electron chi connectivity index (χ4n) is 0.918. The third-order valence-corrected chi connectivity index (χ3v) is 1.78. The lowest BCUT2D eigenvalue weighted by Crippen LogP contribution is -1.95. The maximum Gasteiger partial charge on any atom is 0.0387 e. The third kappa shape index (κ3) is 2.87. The Labute approximate surface area is 83.3 Å².